The lowest BCUT2D eigenvalue weighted by molar-refractivity contribution is -0.385. The number of carboxylic acids is 1. The molecule has 96 valence electrons. The Balaban J connectivity index is 3.23. The Morgan fingerprint density at radius 3 is 2.50 bits per heavy atom. The zero-order valence-electron chi connectivity index (χ0n) is 9.84. The number of nitro groups is 1. The molecule has 1 aromatic rings. The SMILES string of the molecule is CC(=O)NC(C)c1ccc(C(=O)O)cc1[N+](=O)[O-]. The van der Waals surface area contributed by atoms with Gasteiger partial charge in [0.2, 0.25) is 5.91 Å². The van der Waals surface area contributed by atoms with E-state index < -0.39 is 16.9 Å². The Bertz CT molecular complexity index is 512. The van der Waals surface area contributed by atoms with Gasteiger partial charge in [0.05, 0.1) is 22.1 Å². The first-order valence-corrected chi connectivity index (χ1v) is 5.11. The van der Waals surface area contributed by atoms with Crippen LogP contribution in [-0.2, 0) is 4.79 Å². The number of carboxylic acid groups (broad SMARTS) is 1. The molecule has 1 unspecified atom stereocenters. The summed E-state index contributed by atoms with van der Waals surface area (Å²) in [6.45, 7) is 2.89. The van der Waals surface area contributed by atoms with Crippen LogP contribution in [0.25, 0.3) is 0 Å². The summed E-state index contributed by atoms with van der Waals surface area (Å²) in [6, 6.07) is 3.02. The average Bonchev–Trinajstić information content (AvgIpc) is 2.26. The van der Waals surface area contributed by atoms with Crippen molar-refractivity contribution in [3.63, 3.8) is 0 Å². The van der Waals surface area contributed by atoms with Crippen LogP contribution in [0.3, 0.4) is 0 Å². The van der Waals surface area contributed by atoms with E-state index in [1.54, 1.807) is 6.92 Å². The van der Waals surface area contributed by atoms with Crippen molar-refractivity contribution in [1.82, 2.24) is 5.32 Å². The largest absolute Gasteiger partial charge is 0.478 e. The first-order chi connectivity index (χ1) is 8.32. The molecule has 2 N–H and O–H groups in total. The highest BCUT2D eigenvalue weighted by Crippen LogP contribution is 2.26. The number of carbonyl (C=O) groups excluding carboxylic acids is 1. The molecule has 0 aliphatic carbocycles. The minimum Gasteiger partial charge on any atom is -0.478 e. The van der Waals surface area contributed by atoms with Crippen LogP contribution in [0.15, 0.2) is 18.2 Å². The van der Waals surface area contributed by atoms with Crippen LogP contribution in [0.5, 0.6) is 0 Å². The molecule has 7 nitrogen and oxygen atoms in total. The molecule has 1 atom stereocenters. The molecule has 0 heterocycles. The molecule has 0 aromatic heterocycles. The number of hydrogen-bond acceptors (Lipinski definition) is 4. The number of nitrogens with one attached hydrogen (secondary N) is 1. The van der Waals surface area contributed by atoms with Crippen LogP contribution in [0.2, 0.25) is 0 Å². The van der Waals surface area contributed by atoms with Gasteiger partial charge in [-0.05, 0) is 19.1 Å². The lowest BCUT2D eigenvalue weighted by atomic mass is 10.0. The Hall–Kier alpha value is -2.44. The Morgan fingerprint density at radius 2 is 2.06 bits per heavy atom. The third-order valence-electron chi connectivity index (χ3n) is 2.36. The maximum atomic E-state index is 10.9. The minimum atomic E-state index is -1.24. The molecule has 0 radical (unpaired) electrons. The van der Waals surface area contributed by atoms with Gasteiger partial charge in [-0.2, -0.15) is 0 Å². The summed E-state index contributed by atoms with van der Waals surface area (Å²) in [5.41, 5.74) is -0.225. The van der Waals surface area contributed by atoms with Gasteiger partial charge in [0.25, 0.3) is 5.69 Å². The zero-order chi connectivity index (χ0) is 13.9. The lowest BCUT2D eigenvalue weighted by Gasteiger charge is -2.13. The second-order valence-corrected chi connectivity index (χ2v) is 3.76. The molecule has 1 rings (SSSR count). The van der Waals surface area contributed by atoms with Crippen molar-refractivity contribution in [3.05, 3.63) is 39.4 Å². The van der Waals surface area contributed by atoms with Gasteiger partial charge in [-0.3, -0.25) is 14.9 Å². The van der Waals surface area contributed by atoms with Crippen LogP contribution in [-0.4, -0.2) is 21.9 Å². The van der Waals surface area contributed by atoms with Crippen molar-refractivity contribution in [2.75, 3.05) is 0 Å². The second-order valence-electron chi connectivity index (χ2n) is 3.76. The van der Waals surface area contributed by atoms with Crippen LogP contribution in [0.4, 0.5) is 5.69 Å². The van der Waals surface area contributed by atoms with Gasteiger partial charge in [0, 0.05) is 13.0 Å². The van der Waals surface area contributed by atoms with Crippen molar-refractivity contribution < 1.29 is 19.6 Å². The van der Waals surface area contributed by atoms with Crippen molar-refractivity contribution >= 4 is 17.6 Å². The average molecular weight is 252 g/mol. The Kier molecular flexibility index (Phi) is 3.98. The lowest BCUT2D eigenvalue weighted by Crippen LogP contribution is -2.24. The normalized spacial score (nSPS) is 11.7. The predicted molar refractivity (Wildman–Crippen MR) is 62.3 cm³/mol. The van der Waals surface area contributed by atoms with E-state index in [1.165, 1.54) is 19.1 Å². The summed E-state index contributed by atoms with van der Waals surface area (Å²) in [7, 11) is 0. The molecular formula is C11H12N2O5. The number of amides is 1. The van der Waals surface area contributed by atoms with E-state index in [0.717, 1.165) is 6.07 Å². The number of carbonyl (C=O) groups is 2. The summed E-state index contributed by atoms with van der Waals surface area (Å²) >= 11 is 0. The molecule has 0 aliphatic rings. The van der Waals surface area contributed by atoms with Crippen molar-refractivity contribution in [3.8, 4) is 0 Å². The Labute approximate surface area is 103 Å². The molecular weight excluding hydrogens is 240 g/mol. The van der Waals surface area contributed by atoms with E-state index in [0.29, 0.717) is 0 Å². The molecule has 18 heavy (non-hydrogen) atoms. The van der Waals surface area contributed by atoms with Gasteiger partial charge >= 0.3 is 5.97 Å². The third-order valence-corrected chi connectivity index (χ3v) is 2.36. The van der Waals surface area contributed by atoms with E-state index in [-0.39, 0.29) is 22.7 Å². The van der Waals surface area contributed by atoms with Gasteiger partial charge in [-0.15, -0.1) is 0 Å². The number of nitrogens with zero attached hydrogens (tertiary/aromatic N) is 1. The molecule has 0 spiro atoms. The number of nitro benzene ring substituents is 1. The molecule has 1 amide bonds. The van der Waals surface area contributed by atoms with Crippen molar-refractivity contribution in [2.45, 2.75) is 19.9 Å². The number of aromatic carboxylic acids is 1. The zero-order valence-corrected chi connectivity index (χ0v) is 9.84. The van der Waals surface area contributed by atoms with E-state index in [9.17, 15) is 19.7 Å². The molecule has 0 bridgehead atoms. The smallest absolute Gasteiger partial charge is 0.335 e. The monoisotopic (exact) mass is 252 g/mol. The van der Waals surface area contributed by atoms with Crippen LogP contribution >= 0.6 is 0 Å². The second kappa shape index (κ2) is 5.26. The quantitative estimate of drug-likeness (QED) is 0.623. The number of rotatable bonds is 4. The van der Waals surface area contributed by atoms with Crippen LogP contribution in [0.1, 0.15) is 35.8 Å². The summed E-state index contributed by atoms with van der Waals surface area (Å²) in [5.74, 6) is -1.56. The highest BCUT2D eigenvalue weighted by atomic mass is 16.6. The molecule has 0 saturated carbocycles. The fraction of sp³-hybridized carbons (Fsp3) is 0.273. The number of hydrogen-bond donors (Lipinski definition) is 2. The van der Waals surface area contributed by atoms with E-state index >= 15 is 0 Å². The molecule has 0 saturated heterocycles. The highest BCUT2D eigenvalue weighted by molar-refractivity contribution is 5.88. The van der Waals surface area contributed by atoms with E-state index in [2.05, 4.69) is 5.32 Å². The molecule has 0 aliphatic heterocycles. The van der Waals surface area contributed by atoms with E-state index in [1.807, 2.05) is 0 Å². The van der Waals surface area contributed by atoms with Crippen LogP contribution < -0.4 is 5.32 Å². The van der Waals surface area contributed by atoms with Crippen molar-refractivity contribution in [1.29, 1.82) is 0 Å². The molecule has 0 fully saturated rings. The maximum Gasteiger partial charge on any atom is 0.335 e. The van der Waals surface area contributed by atoms with Crippen molar-refractivity contribution in [2.24, 2.45) is 0 Å². The minimum absolute atomic E-state index is 0.166. The summed E-state index contributed by atoms with van der Waals surface area (Å²) in [4.78, 5) is 31.9. The maximum absolute atomic E-state index is 10.9. The predicted octanol–water partition coefficient (Wildman–Crippen LogP) is 1.49. The van der Waals surface area contributed by atoms with Gasteiger partial charge in [-0.1, -0.05) is 0 Å². The summed E-state index contributed by atoms with van der Waals surface area (Å²) < 4.78 is 0. The summed E-state index contributed by atoms with van der Waals surface area (Å²) in [6.07, 6.45) is 0. The standard InChI is InChI=1S/C11H12N2O5/c1-6(12-7(2)14)9-4-3-8(11(15)16)5-10(9)13(17)18/h3-6H,1-2H3,(H,12,14)(H,15,16). The van der Waals surface area contributed by atoms with Gasteiger partial charge < -0.3 is 10.4 Å². The molecule has 7 heteroatoms. The first-order valence-electron chi connectivity index (χ1n) is 5.11. The first kappa shape index (κ1) is 13.6. The fourth-order valence-corrected chi connectivity index (χ4v) is 1.58. The Morgan fingerprint density at radius 1 is 1.44 bits per heavy atom. The highest BCUT2D eigenvalue weighted by Gasteiger charge is 2.21. The number of benzene rings is 1. The third kappa shape index (κ3) is 3.03. The van der Waals surface area contributed by atoms with Crippen LogP contribution in [0, 0.1) is 10.1 Å². The van der Waals surface area contributed by atoms with Gasteiger partial charge in [0.15, 0.2) is 0 Å². The van der Waals surface area contributed by atoms with Gasteiger partial charge in [-0.25, -0.2) is 4.79 Å². The fourth-order valence-electron chi connectivity index (χ4n) is 1.58. The van der Waals surface area contributed by atoms with E-state index in [4.69, 9.17) is 5.11 Å². The van der Waals surface area contributed by atoms with Gasteiger partial charge in [0.1, 0.15) is 0 Å². The summed E-state index contributed by atoms with van der Waals surface area (Å²) in [5, 5.41) is 22.2. The molecule has 1 aromatic carbocycles. The topological polar surface area (TPSA) is 110 Å².